The molecule has 1 saturated carbocycles. The summed E-state index contributed by atoms with van der Waals surface area (Å²) in [4.78, 5) is 137. The molecule has 40 heteroatoms. The number of nitriles is 1. The molecular weight excluding hydrogens is 1800 g/mol. The third-order valence-corrected chi connectivity index (χ3v) is 23.1. The maximum atomic E-state index is 13.1. The van der Waals surface area contributed by atoms with Crippen LogP contribution in [-0.4, -0.2) is 199 Å². The second-order valence-corrected chi connectivity index (χ2v) is 32.4. The van der Waals surface area contributed by atoms with Crippen molar-refractivity contribution in [2.75, 3.05) is 133 Å². The number of amides is 10. The quantitative estimate of drug-likeness (QED) is 0.0240. The fourth-order valence-electron chi connectivity index (χ4n) is 16.0. The summed E-state index contributed by atoms with van der Waals surface area (Å²) < 4.78 is 89.1. The minimum absolute atomic E-state index is 0.00137. The first-order valence-electron chi connectivity index (χ1n) is 43.2. The number of ether oxygens (including phenoxy) is 3. The second kappa shape index (κ2) is 43.9. The molecule has 8 aromatic carbocycles. The zero-order chi connectivity index (χ0) is 94.0. The van der Waals surface area contributed by atoms with Gasteiger partial charge in [-0.05, 0) is 187 Å². The Hall–Kier alpha value is -14.0. The van der Waals surface area contributed by atoms with Crippen LogP contribution in [-0.2, 0) is 65.7 Å². The number of aromatic nitrogens is 8. The predicted molar refractivity (Wildman–Crippen MR) is 489 cm³/mol. The third kappa shape index (κ3) is 23.2. The maximum Gasteiger partial charge on any atom is 0.416 e. The van der Waals surface area contributed by atoms with Gasteiger partial charge in [0.2, 0.25) is 29.7 Å². The summed E-state index contributed by atoms with van der Waals surface area (Å²) in [6.45, 7) is 7.01. The number of aliphatic hydroxyl groups is 3. The first kappa shape index (κ1) is 95.1. The molecule has 133 heavy (non-hydrogen) atoms. The number of urea groups is 1. The smallest absolute Gasteiger partial charge is 0.396 e. The van der Waals surface area contributed by atoms with Crippen molar-refractivity contribution in [2.24, 2.45) is 0 Å². The number of alkyl halides is 5. The Balaban J connectivity index is 0.000000143. The molecule has 8 heterocycles. The molecule has 5 fully saturated rings. The molecular formula is C93H95BrF5N19O15. The Kier molecular flexibility index (Phi) is 31.4. The molecule has 694 valence electrons. The maximum absolute atomic E-state index is 13.1. The lowest BCUT2D eigenvalue weighted by Crippen LogP contribution is -2.46. The normalized spacial score (nSPS) is 14.9. The van der Waals surface area contributed by atoms with Crippen LogP contribution >= 0.6 is 15.9 Å². The van der Waals surface area contributed by atoms with Crippen LogP contribution < -0.4 is 51.5 Å². The Labute approximate surface area is 766 Å². The van der Waals surface area contributed by atoms with E-state index in [1.807, 2.05) is 74.4 Å². The van der Waals surface area contributed by atoms with Gasteiger partial charge in [-0.3, -0.25) is 64.5 Å². The van der Waals surface area contributed by atoms with Gasteiger partial charge in [0.05, 0.1) is 86.8 Å². The molecule has 9 N–H and O–H groups in total. The van der Waals surface area contributed by atoms with Crippen LogP contribution in [0.3, 0.4) is 0 Å². The van der Waals surface area contributed by atoms with Gasteiger partial charge in [-0.15, -0.1) is 0 Å². The van der Waals surface area contributed by atoms with Gasteiger partial charge in [-0.1, -0.05) is 55.7 Å². The number of hydrogen-bond donors (Lipinski definition) is 9. The van der Waals surface area contributed by atoms with E-state index in [1.165, 1.54) is 43.3 Å². The lowest BCUT2D eigenvalue weighted by atomic mass is 9.95. The highest BCUT2D eigenvalue weighted by Crippen LogP contribution is 2.39. The van der Waals surface area contributed by atoms with E-state index in [4.69, 9.17) is 19.5 Å². The van der Waals surface area contributed by atoms with Gasteiger partial charge in [0.25, 0.3) is 47.8 Å². The van der Waals surface area contributed by atoms with Crippen molar-refractivity contribution >= 4 is 160 Å². The van der Waals surface area contributed by atoms with Gasteiger partial charge in [-0.25, -0.2) is 33.5 Å². The standard InChI is InChI=1S/C25H25F3N4O3.C24H27N5O5.C22H20BrN5O4.C22H23F2N5O3/c26-25(27,28)17-6-4-5-16(13-17)23(34)30-24-29-20-14-19(31-11-12-35-15-22(31)33)9-10-21(20)32(24)18-7-2-1-3-8-18;1-16(31)25-14-17-4-2-5-18(12-17)23(33)27-24-26-20-13-19(28-9-11-34-15-22(28)32)6-7-21(20)29(24)8-3-10-30;23-16-10-19-17(11-18(16)27-6-8-32-13-20(27)30)25-22(28(19)5-2-7-29)26-21(31)15-4-1-3-14(9-15)12-24;23-19(24)14-4-1-5-15(12-14)20(31)27-21-26-17-13-16(28-9-2-8-25-22(28)32)6-7-18(17)29(21)10-3-11-30/h4-6,9-10,13-14,18H,1-3,7-8,11-12,15H2,(H,29,30,34);2,4-7,12-13,30H,3,8-11,14-15H2,1H3,(H,25,31)(H,26,27,33);1,3-4,9-11,29H,2,5-8,13H2,(H,25,26,31);1,4-7,12-13,19,30H,2-3,8-11H2,(H,25,32)(H,26,27,31). The second-order valence-electron chi connectivity index (χ2n) is 31.6. The number of halogens is 6. The summed E-state index contributed by atoms with van der Waals surface area (Å²) in [5.74, 6) is -1.30. The van der Waals surface area contributed by atoms with Crippen molar-refractivity contribution in [3.63, 3.8) is 0 Å². The molecule has 0 spiro atoms. The third-order valence-electron chi connectivity index (χ3n) is 22.5. The van der Waals surface area contributed by atoms with Crippen molar-refractivity contribution in [1.82, 2.24) is 48.8 Å². The average molecular weight is 1890 g/mol. The van der Waals surface area contributed by atoms with E-state index in [1.54, 1.807) is 78.8 Å². The van der Waals surface area contributed by atoms with Gasteiger partial charge in [0.1, 0.15) is 19.8 Å². The van der Waals surface area contributed by atoms with E-state index in [9.17, 15) is 80.4 Å². The molecule has 17 rings (SSSR count). The van der Waals surface area contributed by atoms with Crippen LogP contribution in [0.15, 0.2) is 168 Å². The average Bonchev–Trinajstić information content (AvgIpc) is 1.67. The fourth-order valence-corrected chi connectivity index (χ4v) is 16.5. The first-order chi connectivity index (χ1) is 64.3. The number of hydrogen-bond acceptors (Lipinski definition) is 20. The Morgan fingerprint density at radius 1 is 0.511 bits per heavy atom. The van der Waals surface area contributed by atoms with Crippen LogP contribution in [0, 0.1) is 11.3 Å². The minimum Gasteiger partial charge on any atom is -0.396 e. The molecule has 4 aliphatic heterocycles. The van der Waals surface area contributed by atoms with Gasteiger partial charge < -0.3 is 73.1 Å². The molecule has 34 nitrogen and oxygen atoms in total. The molecule has 0 radical (unpaired) electrons. The summed E-state index contributed by atoms with van der Waals surface area (Å²) in [5.41, 5.74) is 9.05. The summed E-state index contributed by atoms with van der Waals surface area (Å²) in [6.07, 6.45) is 0.0724. The topological polar surface area (TPSA) is 422 Å². The lowest BCUT2D eigenvalue weighted by molar-refractivity contribution is -0.137. The minimum atomic E-state index is -4.54. The van der Waals surface area contributed by atoms with Gasteiger partial charge in [0, 0.05) is 141 Å². The van der Waals surface area contributed by atoms with Crippen molar-refractivity contribution in [2.45, 2.75) is 110 Å². The van der Waals surface area contributed by atoms with Crippen molar-refractivity contribution in [3.8, 4) is 6.07 Å². The highest BCUT2D eigenvalue weighted by atomic mass is 79.9. The number of nitrogens with one attached hydrogen (secondary N) is 6. The molecule has 0 bridgehead atoms. The van der Waals surface area contributed by atoms with E-state index in [0.717, 1.165) is 90.0 Å². The number of benzene rings is 8. The predicted octanol–water partition coefficient (Wildman–Crippen LogP) is 13.0. The number of imidazole rings is 4. The van der Waals surface area contributed by atoms with Gasteiger partial charge in [-0.2, -0.15) is 18.4 Å². The van der Waals surface area contributed by atoms with Crippen LogP contribution in [0.5, 0.6) is 0 Å². The largest absolute Gasteiger partial charge is 0.416 e. The molecule has 12 aromatic rings. The Bertz CT molecular complexity index is 6390. The van der Waals surface area contributed by atoms with E-state index >= 15 is 0 Å². The molecule has 4 aromatic heterocycles. The fraction of sp³-hybridized carbons (Fsp3) is 0.333. The van der Waals surface area contributed by atoms with Crippen molar-refractivity contribution in [1.29, 1.82) is 5.26 Å². The van der Waals surface area contributed by atoms with E-state index in [0.29, 0.717) is 176 Å². The number of anilines is 8. The molecule has 10 amide bonds. The van der Waals surface area contributed by atoms with Crippen molar-refractivity contribution < 1.29 is 94.6 Å². The van der Waals surface area contributed by atoms with Gasteiger partial charge in [0.15, 0.2) is 0 Å². The zero-order valence-corrected chi connectivity index (χ0v) is 73.7. The van der Waals surface area contributed by atoms with E-state index in [2.05, 4.69) is 67.8 Å². The van der Waals surface area contributed by atoms with Crippen LogP contribution in [0.2, 0.25) is 0 Å². The van der Waals surface area contributed by atoms with Crippen LogP contribution in [0.25, 0.3) is 44.1 Å². The Morgan fingerprint density at radius 2 is 0.962 bits per heavy atom. The number of fused-ring (bicyclic) bond motifs is 4. The Morgan fingerprint density at radius 3 is 1.47 bits per heavy atom. The van der Waals surface area contributed by atoms with Crippen LogP contribution in [0.1, 0.15) is 141 Å². The highest BCUT2D eigenvalue weighted by molar-refractivity contribution is 9.10. The number of carbonyl (C=O) groups is 9. The van der Waals surface area contributed by atoms with E-state index in [-0.39, 0.29) is 104 Å². The lowest BCUT2D eigenvalue weighted by Gasteiger charge is -2.27. The number of nitrogens with zero attached hydrogens (tertiary/aromatic N) is 13. The number of rotatable bonds is 25. The number of aryl methyl sites for hydroxylation is 3. The van der Waals surface area contributed by atoms with Crippen molar-refractivity contribution in [3.05, 3.63) is 213 Å². The SMILES string of the molecule is CC(=O)NCc1cccc(C(=O)Nc2nc3cc(N4CCOCC4=O)ccc3n2CCCO)c1.N#Cc1cccc(C(=O)Nc2nc3cc(N4CCOCC4=O)c(Br)cc3n2CCCO)c1.O=C(Nc1nc2cc(N3CCCNC3=O)ccc2n1CCCO)c1cccc(C(F)F)c1.O=C(Nc1nc2cc(N3CCOCC3=O)ccc2n1C1CCCCC1)c1cccc(C(F)(F)F)c1. The number of morpholine rings is 3. The van der Waals surface area contributed by atoms with Gasteiger partial charge >= 0.3 is 12.2 Å². The molecule has 0 atom stereocenters. The molecule has 4 saturated heterocycles. The van der Waals surface area contributed by atoms with Crippen LogP contribution in [0.4, 0.5) is 73.3 Å². The monoisotopic (exact) mass is 1890 g/mol. The summed E-state index contributed by atoms with van der Waals surface area (Å²) in [5, 5.41) is 53.7. The molecule has 5 aliphatic rings. The number of aliphatic hydroxyl groups excluding tert-OH is 3. The molecule has 1 aliphatic carbocycles. The summed E-state index contributed by atoms with van der Waals surface area (Å²) in [6, 6.07) is 45.0. The summed E-state index contributed by atoms with van der Waals surface area (Å²) in [7, 11) is 0. The first-order valence-corrected chi connectivity index (χ1v) is 43.9. The highest BCUT2D eigenvalue weighted by Gasteiger charge is 2.34. The van der Waals surface area contributed by atoms with E-state index < -0.39 is 35.9 Å². The molecule has 0 unspecified atom stereocenters. The summed E-state index contributed by atoms with van der Waals surface area (Å²) >= 11 is 3.55. The number of carbonyl (C=O) groups excluding carboxylic acids is 9. The zero-order valence-electron chi connectivity index (χ0n) is 72.2.